The largest absolute Gasteiger partial charge is 0.508 e. The molecule has 4 heterocycles. The molecule has 0 spiro atoms. The van der Waals surface area contributed by atoms with Crippen LogP contribution in [0.4, 0.5) is 0 Å². The monoisotopic (exact) mass is 1060 g/mol. The van der Waals surface area contributed by atoms with Gasteiger partial charge in [0, 0.05) is 12.5 Å². The van der Waals surface area contributed by atoms with Crippen molar-refractivity contribution >= 4 is 5.78 Å². The zero-order chi connectivity index (χ0) is 54.0. The van der Waals surface area contributed by atoms with E-state index >= 15 is 0 Å². The van der Waals surface area contributed by atoms with Gasteiger partial charge in [-0.15, -0.1) is 0 Å². The number of Topliss-reactive ketones (excluding diaryl/α,β-unsaturated/α-hetero) is 1. The van der Waals surface area contributed by atoms with Gasteiger partial charge in [0.15, 0.2) is 18.4 Å². The van der Waals surface area contributed by atoms with Gasteiger partial charge >= 0.3 is 0 Å². The number of carbonyl (C=O) groups excluding carboxylic acids is 1. The number of phenolic OH excluding ortho intramolecular Hbond substituents is 1. The Hall–Kier alpha value is -3.67. The molecule has 24 unspecified atom stereocenters. The second kappa shape index (κ2) is 24.8. The van der Waals surface area contributed by atoms with Crippen molar-refractivity contribution in [2.75, 3.05) is 26.4 Å². The zero-order valence-corrected chi connectivity index (χ0v) is 39.9. The summed E-state index contributed by atoms with van der Waals surface area (Å²) in [6, 6.07) is 6.32. The highest BCUT2D eigenvalue weighted by Crippen LogP contribution is 2.37. The maximum atomic E-state index is 13.8. The first-order valence-electron chi connectivity index (χ1n) is 23.9. The number of nitrogens with one attached hydrogen (secondary N) is 1. The van der Waals surface area contributed by atoms with Crippen LogP contribution in [0.2, 0.25) is 0 Å². The highest BCUT2D eigenvalue weighted by atomic mass is 16.8. The van der Waals surface area contributed by atoms with Crippen LogP contribution in [0, 0.1) is 6.92 Å². The molecule has 0 aromatic heterocycles. The molecular weight excluding hydrogens is 994 g/mol. The summed E-state index contributed by atoms with van der Waals surface area (Å²) < 4.78 is 46.3. The molecule has 27 heteroatoms. The Bertz CT molecular complexity index is 2180. The molecule has 0 radical (unpaired) electrons. The number of aryl methyl sites for hydroxylation is 2. The fourth-order valence-corrected chi connectivity index (χ4v) is 9.61. The number of carbonyl (C=O) groups is 1. The summed E-state index contributed by atoms with van der Waals surface area (Å²) in [4.78, 5) is 13.8. The number of hydrogen-bond acceptors (Lipinski definition) is 27. The lowest BCUT2D eigenvalue weighted by Gasteiger charge is -2.48. The number of ketones is 1. The Labute approximate surface area is 422 Å². The molecule has 4 aliphatic heterocycles. The van der Waals surface area contributed by atoms with Crippen molar-refractivity contribution in [3.05, 3.63) is 64.7 Å². The molecule has 2 aromatic carbocycles. The van der Waals surface area contributed by atoms with Gasteiger partial charge in [0.05, 0.1) is 50.2 Å². The van der Waals surface area contributed by atoms with Crippen LogP contribution in [0.5, 0.6) is 17.2 Å². The minimum atomic E-state index is -2.08. The molecule has 74 heavy (non-hydrogen) atoms. The Morgan fingerprint density at radius 3 is 1.72 bits per heavy atom. The minimum absolute atomic E-state index is 0.0139. The van der Waals surface area contributed by atoms with Crippen molar-refractivity contribution < 1.29 is 130 Å². The minimum Gasteiger partial charge on any atom is -0.508 e. The predicted molar refractivity (Wildman–Crippen MR) is 242 cm³/mol. The van der Waals surface area contributed by atoms with Gasteiger partial charge in [-0.2, -0.15) is 0 Å². The number of aliphatic hydroxyl groups excluding tert-OH is 16. The molecule has 416 valence electrons. The van der Waals surface area contributed by atoms with Crippen molar-refractivity contribution in [1.29, 1.82) is 0 Å². The SMILES string of the molecule is Cc1cc(OC2OC(CO)C(OC3OC(CO)C(OC4OC(C)C(NC5C=C(CO)C(O)C(O)C5O)C(O)C4O)C(O)C3O)C(O)C2O)cc(OC2OC(CO)C(O)C(O)C2O)c1C(=O)CCc1ccc(O)cc1. The Balaban J connectivity index is 1.02. The van der Waals surface area contributed by atoms with Crippen LogP contribution in [0.3, 0.4) is 0 Å². The first kappa shape index (κ1) is 58.0. The third-order valence-corrected chi connectivity index (χ3v) is 13.9. The van der Waals surface area contributed by atoms with Crippen molar-refractivity contribution in [3.63, 3.8) is 0 Å². The molecule has 4 saturated heterocycles. The average Bonchev–Trinajstić information content (AvgIpc) is 3.38. The second-order valence-electron chi connectivity index (χ2n) is 19.0. The number of ether oxygens (including phenoxy) is 8. The van der Waals surface area contributed by atoms with Gasteiger partial charge in [0.1, 0.15) is 121 Å². The maximum Gasteiger partial charge on any atom is 0.229 e. The molecule has 0 amide bonds. The molecule has 0 saturated carbocycles. The third kappa shape index (κ3) is 12.2. The van der Waals surface area contributed by atoms with E-state index in [2.05, 4.69) is 5.32 Å². The van der Waals surface area contributed by atoms with Gasteiger partial charge in [0.2, 0.25) is 12.6 Å². The van der Waals surface area contributed by atoms with Crippen LogP contribution < -0.4 is 14.8 Å². The third-order valence-electron chi connectivity index (χ3n) is 13.9. The predicted octanol–water partition coefficient (Wildman–Crippen LogP) is -7.47. The Kier molecular flexibility index (Phi) is 19.4. The number of hydrogen-bond donors (Lipinski definition) is 18. The van der Waals surface area contributed by atoms with Gasteiger partial charge in [-0.25, -0.2) is 0 Å². The summed E-state index contributed by atoms with van der Waals surface area (Å²) in [5.74, 6) is -0.947. The van der Waals surface area contributed by atoms with Crippen molar-refractivity contribution in [3.8, 4) is 17.2 Å². The molecule has 27 nitrogen and oxygen atoms in total. The fourth-order valence-electron chi connectivity index (χ4n) is 9.61. The first-order valence-corrected chi connectivity index (χ1v) is 23.9. The van der Waals surface area contributed by atoms with Gasteiger partial charge in [-0.3, -0.25) is 4.79 Å². The number of rotatable bonds is 18. The van der Waals surface area contributed by atoms with Crippen LogP contribution in [0.25, 0.3) is 0 Å². The lowest BCUT2D eigenvalue weighted by Crippen LogP contribution is -2.68. The standard InChI is InChI=1S/C47H67NO26/c1-16-9-21(11-24(69-46-39(64)35(60)32(57)25(13-50)70-46)28(16)23(54)8-5-18-3-6-20(53)7-4-18)68-45-40(65)36(61)43(26(14-51)71-45)74-47-41(66)37(62)42(27(15-52)72-47)73-44-38(63)33(58)29(17(2)67-44)48-22-10-19(12-49)30(55)34(59)31(22)56/h3-4,6-7,9-11,17,22,25-27,29-53,55-66H,5,8,12-15H2,1-2H3. The van der Waals surface area contributed by atoms with Crippen molar-refractivity contribution in [1.82, 2.24) is 5.32 Å². The van der Waals surface area contributed by atoms with E-state index in [9.17, 15) is 91.6 Å². The Morgan fingerprint density at radius 2 is 1.12 bits per heavy atom. The quantitative estimate of drug-likeness (QED) is 0.0487. The lowest BCUT2D eigenvalue weighted by atomic mass is 9.86. The highest BCUT2D eigenvalue weighted by molar-refractivity contribution is 6.00. The molecule has 0 bridgehead atoms. The van der Waals surface area contributed by atoms with Crippen molar-refractivity contribution in [2.24, 2.45) is 0 Å². The summed E-state index contributed by atoms with van der Waals surface area (Å²) in [5, 5.41) is 183. The molecular formula is C47H67NO26. The van der Waals surface area contributed by atoms with Crippen LogP contribution in [0.1, 0.15) is 34.8 Å². The lowest BCUT2D eigenvalue weighted by molar-refractivity contribution is -0.372. The van der Waals surface area contributed by atoms with Gasteiger partial charge in [-0.1, -0.05) is 18.2 Å². The van der Waals surface area contributed by atoms with E-state index in [1.54, 1.807) is 12.1 Å². The topological polar surface area (TPSA) is 447 Å². The molecule has 7 rings (SSSR count). The summed E-state index contributed by atoms with van der Waals surface area (Å²) in [5.41, 5.74) is 0.849. The maximum absolute atomic E-state index is 13.8. The summed E-state index contributed by atoms with van der Waals surface area (Å²) in [6.07, 6.45) is -37.1. The fraction of sp³-hybridized carbons (Fsp3) is 0.681. The summed E-state index contributed by atoms with van der Waals surface area (Å²) in [6.45, 7) is -0.365. The molecule has 2 aromatic rings. The van der Waals surface area contributed by atoms with Gasteiger partial charge in [0.25, 0.3) is 0 Å². The molecule has 18 N–H and O–H groups in total. The molecule has 4 fully saturated rings. The van der Waals surface area contributed by atoms with E-state index in [4.69, 9.17) is 37.9 Å². The van der Waals surface area contributed by atoms with E-state index in [1.165, 1.54) is 38.1 Å². The number of benzene rings is 2. The molecule has 24 atom stereocenters. The van der Waals surface area contributed by atoms with Crippen LogP contribution in [-0.4, -0.2) is 266 Å². The van der Waals surface area contributed by atoms with Crippen LogP contribution in [0.15, 0.2) is 48.0 Å². The van der Waals surface area contributed by atoms with Gasteiger partial charge in [-0.05, 0) is 55.2 Å². The molecule has 5 aliphatic rings. The van der Waals surface area contributed by atoms with Crippen LogP contribution in [-0.2, 0) is 34.8 Å². The normalized spacial score (nSPS) is 41.8. The number of aliphatic hydroxyl groups is 16. The highest BCUT2D eigenvalue weighted by Gasteiger charge is 2.54. The number of aromatic hydroxyl groups is 1. The smallest absolute Gasteiger partial charge is 0.229 e. The first-order chi connectivity index (χ1) is 35.1. The number of phenols is 1. The van der Waals surface area contributed by atoms with E-state index in [0.29, 0.717) is 5.56 Å². The van der Waals surface area contributed by atoms with E-state index in [1.807, 2.05) is 0 Å². The van der Waals surface area contributed by atoms with Crippen molar-refractivity contribution in [2.45, 2.75) is 174 Å². The van der Waals surface area contributed by atoms with Crippen LogP contribution >= 0.6 is 0 Å². The summed E-state index contributed by atoms with van der Waals surface area (Å²) in [7, 11) is 0. The Morgan fingerprint density at radius 1 is 0.595 bits per heavy atom. The van der Waals surface area contributed by atoms with E-state index < -0.39 is 179 Å². The second-order valence-corrected chi connectivity index (χ2v) is 19.0. The zero-order valence-electron chi connectivity index (χ0n) is 39.9. The van der Waals surface area contributed by atoms with E-state index in [0.717, 1.165) is 6.07 Å². The summed E-state index contributed by atoms with van der Waals surface area (Å²) >= 11 is 0. The van der Waals surface area contributed by atoms with E-state index in [-0.39, 0.29) is 46.8 Å². The van der Waals surface area contributed by atoms with Gasteiger partial charge < -0.3 is 130 Å². The molecule has 1 aliphatic carbocycles. The average molecular weight is 1060 g/mol.